The molecule has 4 aromatic rings. The van der Waals surface area contributed by atoms with Crippen molar-refractivity contribution < 1.29 is 22.7 Å². The summed E-state index contributed by atoms with van der Waals surface area (Å²) >= 11 is 12.1. The molecule has 0 bridgehead atoms. The number of imidazole rings is 1. The third kappa shape index (κ3) is 5.75. The fourth-order valence-electron chi connectivity index (χ4n) is 6.21. The molecule has 16 heteroatoms. The Morgan fingerprint density at radius 2 is 2.05 bits per heavy atom. The molecule has 0 amide bonds. The number of halogens is 2. The maximum absolute atomic E-state index is 15.9. The quantitative estimate of drug-likeness (QED) is 0.0771. The lowest BCUT2D eigenvalue weighted by Gasteiger charge is -2.45. The molecule has 0 N–H and O–H groups in total. The highest BCUT2D eigenvalue weighted by molar-refractivity contribution is 8.07. The standard InChI is InChI=1S/C28H33ClFN8O4PS/c1-5-18-17(12-20(18)37-15-34-24-26(29)32-14-33-27(24)37)13-40-43(44,39-11-10-31-4)42-25-22(30)21(6-2)41-28(25)38-19-9-7-8-16(3)23(19)35-36-38/h7-9,14-15,17-18,20-22,25,28H,5-6,10-13H2,1-3H3/t17-,18-,20-,21-,22-,25-,28-,43?/m1/s1. The van der Waals surface area contributed by atoms with Crippen LogP contribution in [0.25, 0.3) is 27.0 Å². The van der Waals surface area contributed by atoms with Crippen molar-refractivity contribution in [3.05, 3.63) is 53.0 Å². The van der Waals surface area contributed by atoms with Crippen molar-refractivity contribution in [1.82, 2.24) is 34.5 Å². The van der Waals surface area contributed by atoms with Crippen LogP contribution in [0.4, 0.5) is 4.39 Å². The van der Waals surface area contributed by atoms with Gasteiger partial charge < -0.3 is 23.2 Å². The average Bonchev–Trinajstić information content (AvgIpc) is 3.70. The minimum absolute atomic E-state index is 0.00458. The fourth-order valence-corrected chi connectivity index (χ4v) is 8.49. The predicted octanol–water partition coefficient (Wildman–Crippen LogP) is 6.03. The van der Waals surface area contributed by atoms with E-state index >= 15 is 4.39 Å². The van der Waals surface area contributed by atoms with Crippen molar-refractivity contribution >= 4 is 52.3 Å². The third-order valence-corrected chi connectivity index (χ3v) is 11.2. The van der Waals surface area contributed by atoms with Crippen molar-refractivity contribution in [3.8, 4) is 0 Å². The minimum atomic E-state index is -3.53. The summed E-state index contributed by atoms with van der Waals surface area (Å²) in [6.45, 7) is 9.88. The van der Waals surface area contributed by atoms with Gasteiger partial charge in [0.05, 0.1) is 24.6 Å². The van der Waals surface area contributed by atoms with Crippen LogP contribution in [0.2, 0.25) is 5.15 Å². The van der Waals surface area contributed by atoms with E-state index in [1.807, 2.05) is 36.6 Å². The average molecular weight is 663 g/mol. The summed E-state index contributed by atoms with van der Waals surface area (Å²) in [4.78, 5) is 16.2. The van der Waals surface area contributed by atoms with Crippen molar-refractivity contribution in [1.29, 1.82) is 0 Å². The lowest BCUT2D eigenvalue weighted by atomic mass is 9.68. The highest BCUT2D eigenvalue weighted by atomic mass is 35.5. The molecule has 1 unspecified atom stereocenters. The number of rotatable bonds is 12. The number of nitrogens with zero attached hydrogens (tertiary/aromatic N) is 8. The largest absolute Gasteiger partial charge is 0.347 e. The van der Waals surface area contributed by atoms with Crippen LogP contribution in [0.3, 0.4) is 0 Å². The van der Waals surface area contributed by atoms with E-state index in [9.17, 15) is 0 Å². The maximum Gasteiger partial charge on any atom is 0.327 e. The van der Waals surface area contributed by atoms with E-state index < -0.39 is 31.3 Å². The number of ether oxygens (including phenoxy) is 1. The second-order valence-electron chi connectivity index (χ2n) is 11.0. The normalized spacial score (nSPS) is 28.2. The Bertz CT molecular complexity index is 1730. The Labute approximate surface area is 264 Å². The van der Waals surface area contributed by atoms with Gasteiger partial charge in [-0.15, -0.1) is 5.10 Å². The molecule has 4 heterocycles. The molecule has 1 saturated heterocycles. The predicted molar refractivity (Wildman–Crippen MR) is 165 cm³/mol. The second kappa shape index (κ2) is 13.0. The molecule has 12 nitrogen and oxygen atoms in total. The molecular weight excluding hydrogens is 630 g/mol. The molecule has 2 aliphatic rings. The molecule has 1 aliphatic heterocycles. The minimum Gasteiger partial charge on any atom is -0.347 e. The Hall–Kier alpha value is -2.63. The molecule has 0 radical (unpaired) electrons. The fraction of sp³-hybridized carbons (Fsp3) is 0.571. The zero-order chi connectivity index (χ0) is 31.0. The number of aryl methyl sites for hydroxylation is 1. The molecule has 1 saturated carbocycles. The molecule has 1 aliphatic carbocycles. The number of hydrogen-bond acceptors (Lipinski definition) is 10. The molecule has 3 aromatic heterocycles. The Balaban J connectivity index is 1.21. The molecular formula is C28H33ClFN8O4PS. The van der Waals surface area contributed by atoms with Crippen LogP contribution in [0.1, 0.15) is 50.9 Å². The van der Waals surface area contributed by atoms with Gasteiger partial charge in [0.1, 0.15) is 30.1 Å². The van der Waals surface area contributed by atoms with Crippen LogP contribution in [-0.2, 0) is 30.1 Å². The van der Waals surface area contributed by atoms with Crippen molar-refractivity contribution in [3.63, 3.8) is 0 Å². The first kappa shape index (κ1) is 31.4. The summed E-state index contributed by atoms with van der Waals surface area (Å²) in [5, 5.41) is 8.92. The van der Waals surface area contributed by atoms with E-state index in [0.29, 0.717) is 33.8 Å². The number of benzene rings is 1. The van der Waals surface area contributed by atoms with Crippen LogP contribution in [0, 0.1) is 25.3 Å². The van der Waals surface area contributed by atoms with Gasteiger partial charge in [-0.25, -0.2) is 30.6 Å². The first-order valence-corrected chi connectivity index (χ1v) is 17.6. The van der Waals surface area contributed by atoms with E-state index in [2.05, 4.69) is 37.0 Å². The SMILES string of the molecule is [C-]#[N+]CCOP(=S)(OC[C@H]1C[C@@H](n2cnc3c(Cl)ncnc32)[C@@H]1CC)O[C@@H]1[C@H](F)[C@@H](CC)O[C@H]1n1nnc2c(C)cccc21. The molecule has 6 rings (SSSR count). The maximum atomic E-state index is 15.9. The zero-order valence-corrected chi connectivity index (χ0v) is 27.0. The summed E-state index contributed by atoms with van der Waals surface area (Å²) < 4.78 is 44.2. The Morgan fingerprint density at radius 1 is 1.20 bits per heavy atom. The Kier molecular flexibility index (Phi) is 9.27. The summed E-state index contributed by atoms with van der Waals surface area (Å²) in [6, 6.07) is 5.82. The zero-order valence-electron chi connectivity index (χ0n) is 24.5. The summed E-state index contributed by atoms with van der Waals surface area (Å²) in [5.74, 6) is 0.371. The van der Waals surface area contributed by atoms with Crippen molar-refractivity contribution in [2.24, 2.45) is 11.8 Å². The Morgan fingerprint density at radius 3 is 2.82 bits per heavy atom. The smallest absolute Gasteiger partial charge is 0.327 e. The van der Waals surface area contributed by atoms with E-state index in [1.165, 1.54) is 6.33 Å². The van der Waals surface area contributed by atoms with Gasteiger partial charge in [-0.1, -0.05) is 49.2 Å². The second-order valence-corrected chi connectivity index (χ2v) is 14.4. The summed E-state index contributed by atoms with van der Waals surface area (Å²) in [6.07, 6.45) is 0.932. The molecule has 8 atom stereocenters. The van der Waals surface area contributed by atoms with E-state index in [-0.39, 0.29) is 37.6 Å². The molecule has 0 spiro atoms. The summed E-state index contributed by atoms with van der Waals surface area (Å²) in [5.41, 5.74) is 3.58. The van der Waals surface area contributed by atoms with Gasteiger partial charge in [-0.05, 0) is 55.0 Å². The van der Waals surface area contributed by atoms with Gasteiger partial charge >= 0.3 is 6.72 Å². The lowest BCUT2D eigenvalue weighted by molar-refractivity contribution is -0.0442. The lowest BCUT2D eigenvalue weighted by Crippen LogP contribution is -2.40. The van der Waals surface area contributed by atoms with Crippen LogP contribution in [-0.4, -0.2) is 72.7 Å². The molecule has 1 aromatic carbocycles. The topological polar surface area (TPSA) is 116 Å². The van der Waals surface area contributed by atoms with E-state index in [0.717, 1.165) is 18.4 Å². The van der Waals surface area contributed by atoms with E-state index in [4.69, 9.17) is 48.3 Å². The third-order valence-electron chi connectivity index (χ3n) is 8.55. The van der Waals surface area contributed by atoms with Gasteiger partial charge in [-0.3, -0.25) is 4.52 Å². The van der Waals surface area contributed by atoms with Gasteiger partial charge in [0, 0.05) is 6.04 Å². The molecule has 2 fully saturated rings. The van der Waals surface area contributed by atoms with Crippen molar-refractivity contribution in [2.75, 3.05) is 19.8 Å². The summed E-state index contributed by atoms with van der Waals surface area (Å²) in [7, 11) is 0. The number of alkyl halides is 1. The van der Waals surface area contributed by atoms with Crippen LogP contribution >= 0.6 is 18.3 Å². The molecule has 234 valence electrons. The van der Waals surface area contributed by atoms with Crippen molar-refractivity contribution in [2.45, 2.75) is 70.7 Å². The highest BCUT2D eigenvalue weighted by Gasteiger charge is 2.50. The number of aromatic nitrogens is 7. The van der Waals surface area contributed by atoms with Gasteiger partial charge in [0.2, 0.25) is 6.54 Å². The monoisotopic (exact) mass is 662 g/mol. The van der Waals surface area contributed by atoms with Crippen LogP contribution in [0.15, 0.2) is 30.9 Å². The number of fused-ring (bicyclic) bond motifs is 2. The molecule has 44 heavy (non-hydrogen) atoms. The first-order valence-electron chi connectivity index (χ1n) is 14.6. The van der Waals surface area contributed by atoms with Gasteiger partial charge in [0.15, 0.2) is 23.2 Å². The number of hydrogen-bond donors (Lipinski definition) is 0. The first-order chi connectivity index (χ1) is 21.3. The highest BCUT2D eigenvalue weighted by Crippen LogP contribution is 2.57. The van der Waals surface area contributed by atoms with Crippen LogP contribution in [0.5, 0.6) is 0 Å². The van der Waals surface area contributed by atoms with Gasteiger partial charge in [0.25, 0.3) is 0 Å². The van der Waals surface area contributed by atoms with Gasteiger partial charge in [-0.2, -0.15) is 0 Å². The van der Waals surface area contributed by atoms with E-state index in [1.54, 1.807) is 11.0 Å². The van der Waals surface area contributed by atoms with Crippen LogP contribution < -0.4 is 0 Å².